The Morgan fingerprint density at radius 3 is 2.47 bits per heavy atom. The van der Waals surface area contributed by atoms with E-state index in [0.717, 1.165) is 19.3 Å². The Morgan fingerprint density at radius 1 is 1.29 bits per heavy atom. The van der Waals surface area contributed by atoms with E-state index in [-0.39, 0.29) is 29.9 Å². The monoisotopic (exact) mass is 238 g/mol. The Labute approximate surface area is 103 Å². The normalized spacial score (nSPS) is 27.1. The van der Waals surface area contributed by atoms with E-state index in [9.17, 15) is 9.59 Å². The summed E-state index contributed by atoms with van der Waals surface area (Å²) in [7, 11) is 0. The number of amides is 2. The Balaban J connectivity index is 1.90. The third kappa shape index (κ3) is 2.86. The zero-order chi connectivity index (χ0) is 12.6. The van der Waals surface area contributed by atoms with Gasteiger partial charge in [0.05, 0.1) is 12.5 Å². The molecule has 0 aromatic heterocycles. The van der Waals surface area contributed by atoms with E-state index in [2.05, 4.69) is 26.1 Å². The molecule has 96 valence electrons. The summed E-state index contributed by atoms with van der Waals surface area (Å²) >= 11 is 0. The van der Waals surface area contributed by atoms with Crippen molar-refractivity contribution in [3.8, 4) is 0 Å². The summed E-state index contributed by atoms with van der Waals surface area (Å²) < 4.78 is 0. The number of nitrogens with one attached hydrogen (secondary N) is 1. The molecule has 1 aliphatic heterocycles. The maximum atomic E-state index is 12.1. The number of nitrogens with zero attached hydrogens (tertiary/aromatic N) is 1. The molecule has 2 unspecified atom stereocenters. The fourth-order valence-electron chi connectivity index (χ4n) is 2.62. The highest BCUT2D eigenvalue weighted by atomic mass is 16.2. The SMILES string of the molecule is CC(C)CC(C)NC1CC(=O)N(C2CC2)C1=O. The van der Waals surface area contributed by atoms with Gasteiger partial charge in [0.15, 0.2) is 0 Å². The van der Waals surface area contributed by atoms with Gasteiger partial charge in [-0.1, -0.05) is 13.8 Å². The van der Waals surface area contributed by atoms with Crippen LogP contribution in [-0.2, 0) is 9.59 Å². The van der Waals surface area contributed by atoms with Gasteiger partial charge in [0.1, 0.15) is 0 Å². The van der Waals surface area contributed by atoms with Gasteiger partial charge in [-0.25, -0.2) is 0 Å². The number of imide groups is 1. The van der Waals surface area contributed by atoms with E-state index in [4.69, 9.17) is 0 Å². The van der Waals surface area contributed by atoms with E-state index >= 15 is 0 Å². The lowest BCUT2D eigenvalue weighted by molar-refractivity contribution is -0.139. The minimum absolute atomic E-state index is 0.00625. The molecule has 1 aliphatic carbocycles. The van der Waals surface area contributed by atoms with Gasteiger partial charge < -0.3 is 5.32 Å². The molecule has 2 atom stereocenters. The molecule has 2 rings (SSSR count). The summed E-state index contributed by atoms with van der Waals surface area (Å²) in [5.41, 5.74) is 0. The molecule has 1 saturated heterocycles. The molecule has 4 heteroatoms. The maximum Gasteiger partial charge on any atom is 0.247 e. The van der Waals surface area contributed by atoms with Crippen LogP contribution in [0.25, 0.3) is 0 Å². The number of hydrogen-bond donors (Lipinski definition) is 1. The van der Waals surface area contributed by atoms with Crippen molar-refractivity contribution >= 4 is 11.8 Å². The van der Waals surface area contributed by atoms with Crippen LogP contribution >= 0.6 is 0 Å². The van der Waals surface area contributed by atoms with E-state index in [1.165, 1.54) is 4.90 Å². The topological polar surface area (TPSA) is 49.4 Å². The molecule has 1 heterocycles. The largest absolute Gasteiger partial charge is 0.303 e. The molecular weight excluding hydrogens is 216 g/mol. The van der Waals surface area contributed by atoms with Crippen LogP contribution in [0.3, 0.4) is 0 Å². The Bertz CT molecular complexity index is 323. The molecule has 17 heavy (non-hydrogen) atoms. The highest BCUT2D eigenvalue weighted by Gasteiger charge is 2.46. The smallest absolute Gasteiger partial charge is 0.247 e. The first-order valence-electron chi connectivity index (χ1n) is 6.61. The summed E-state index contributed by atoms with van der Waals surface area (Å²) in [5, 5.41) is 3.29. The standard InChI is InChI=1S/C13H22N2O2/c1-8(2)6-9(3)14-11-7-12(16)15(13(11)17)10-4-5-10/h8-11,14H,4-7H2,1-3H3. The molecule has 0 radical (unpaired) electrons. The second kappa shape index (κ2) is 4.77. The van der Waals surface area contributed by atoms with Crippen molar-refractivity contribution in [3.63, 3.8) is 0 Å². The molecule has 0 spiro atoms. The van der Waals surface area contributed by atoms with Crippen molar-refractivity contribution in [3.05, 3.63) is 0 Å². The van der Waals surface area contributed by atoms with Crippen molar-refractivity contribution in [1.82, 2.24) is 10.2 Å². The van der Waals surface area contributed by atoms with Gasteiger partial charge in [-0.15, -0.1) is 0 Å². The van der Waals surface area contributed by atoms with Gasteiger partial charge in [-0.3, -0.25) is 14.5 Å². The van der Waals surface area contributed by atoms with Crippen LogP contribution in [0.1, 0.15) is 46.5 Å². The van der Waals surface area contributed by atoms with Gasteiger partial charge >= 0.3 is 0 Å². The molecule has 1 saturated carbocycles. The quantitative estimate of drug-likeness (QED) is 0.734. The van der Waals surface area contributed by atoms with Gasteiger partial charge in [0.25, 0.3) is 0 Å². The van der Waals surface area contributed by atoms with Crippen molar-refractivity contribution < 1.29 is 9.59 Å². The summed E-state index contributed by atoms with van der Waals surface area (Å²) in [4.78, 5) is 25.3. The lowest BCUT2D eigenvalue weighted by Crippen LogP contribution is -2.43. The summed E-state index contributed by atoms with van der Waals surface area (Å²) in [6, 6.07) is 0.218. The van der Waals surface area contributed by atoms with E-state index in [0.29, 0.717) is 12.3 Å². The summed E-state index contributed by atoms with van der Waals surface area (Å²) in [5.74, 6) is 0.601. The second-order valence-electron chi connectivity index (χ2n) is 5.79. The van der Waals surface area contributed by atoms with Gasteiger partial charge in [0.2, 0.25) is 11.8 Å². The first-order valence-corrected chi connectivity index (χ1v) is 6.61. The van der Waals surface area contributed by atoms with Crippen LogP contribution in [0, 0.1) is 5.92 Å². The number of rotatable bonds is 5. The van der Waals surface area contributed by atoms with Crippen molar-refractivity contribution in [2.24, 2.45) is 5.92 Å². The van der Waals surface area contributed by atoms with Crippen LogP contribution in [0.15, 0.2) is 0 Å². The molecule has 0 aromatic rings. The van der Waals surface area contributed by atoms with Crippen LogP contribution in [0.2, 0.25) is 0 Å². The number of carbonyl (C=O) groups is 2. The first-order chi connectivity index (χ1) is 7.99. The number of likely N-dealkylation sites (tertiary alicyclic amines) is 1. The molecule has 2 amide bonds. The van der Waals surface area contributed by atoms with E-state index in [1.807, 2.05) is 0 Å². The third-order valence-electron chi connectivity index (χ3n) is 3.41. The lowest BCUT2D eigenvalue weighted by atomic mass is 10.0. The number of hydrogen-bond acceptors (Lipinski definition) is 3. The van der Waals surface area contributed by atoms with E-state index in [1.54, 1.807) is 0 Å². The third-order valence-corrected chi connectivity index (χ3v) is 3.41. The fraction of sp³-hybridized carbons (Fsp3) is 0.846. The van der Waals surface area contributed by atoms with Crippen molar-refractivity contribution in [2.75, 3.05) is 0 Å². The molecule has 0 aromatic carbocycles. The Morgan fingerprint density at radius 2 is 1.94 bits per heavy atom. The zero-order valence-electron chi connectivity index (χ0n) is 10.9. The average molecular weight is 238 g/mol. The molecule has 2 aliphatic rings. The Kier molecular flexibility index (Phi) is 3.52. The minimum atomic E-state index is -0.281. The maximum absolute atomic E-state index is 12.1. The first kappa shape index (κ1) is 12.6. The van der Waals surface area contributed by atoms with Crippen LogP contribution < -0.4 is 5.32 Å². The van der Waals surface area contributed by atoms with Crippen LogP contribution in [0.4, 0.5) is 0 Å². The van der Waals surface area contributed by atoms with Crippen molar-refractivity contribution in [2.45, 2.75) is 64.6 Å². The predicted octanol–water partition coefficient (Wildman–Crippen LogP) is 1.30. The second-order valence-corrected chi connectivity index (χ2v) is 5.79. The van der Waals surface area contributed by atoms with E-state index < -0.39 is 0 Å². The van der Waals surface area contributed by atoms with Gasteiger partial charge in [-0.05, 0) is 32.1 Å². The summed E-state index contributed by atoms with van der Waals surface area (Å²) in [6.07, 6.45) is 3.36. The molecule has 4 nitrogen and oxygen atoms in total. The summed E-state index contributed by atoms with van der Waals surface area (Å²) in [6.45, 7) is 6.41. The zero-order valence-corrected chi connectivity index (χ0v) is 10.9. The molecular formula is C13H22N2O2. The lowest BCUT2D eigenvalue weighted by Gasteiger charge is -2.20. The van der Waals surface area contributed by atoms with Gasteiger partial charge in [0, 0.05) is 12.1 Å². The van der Waals surface area contributed by atoms with Crippen molar-refractivity contribution in [1.29, 1.82) is 0 Å². The molecule has 2 fully saturated rings. The highest BCUT2D eigenvalue weighted by molar-refractivity contribution is 6.06. The minimum Gasteiger partial charge on any atom is -0.303 e. The average Bonchev–Trinajstić information content (AvgIpc) is 2.95. The van der Waals surface area contributed by atoms with Crippen LogP contribution in [-0.4, -0.2) is 34.8 Å². The number of carbonyl (C=O) groups excluding carboxylic acids is 2. The van der Waals surface area contributed by atoms with Crippen LogP contribution in [0.5, 0.6) is 0 Å². The fourth-order valence-corrected chi connectivity index (χ4v) is 2.62. The highest BCUT2D eigenvalue weighted by Crippen LogP contribution is 2.31. The predicted molar refractivity (Wildman–Crippen MR) is 65.3 cm³/mol. The Hall–Kier alpha value is -0.900. The van der Waals surface area contributed by atoms with Gasteiger partial charge in [-0.2, -0.15) is 0 Å². The molecule has 1 N–H and O–H groups in total. The molecule has 0 bridgehead atoms.